The maximum absolute atomic E-state index is 11.2. The molecule has 0 aliphatic carbocycles. The summed E-state index contributed by atoms with van der Waals surface area (Å²) in [5.41, 5.74) is 0. The van der Waals surface area contributed by atoms with Gasteiger partial charge in [-0.1, -0.05) is 0 Å². The smallest absolute Gasteiger partial charge is 0.290 e. The molecule has 3 aliphatic heterocycles. The maximum Gasteiger partial charge on any atom is 0.290 e. The average molecular weight is 214 g/mol. The van der Waals surface area contributed by atoms with E-state index in [-0.39, 0.29) is 12.4 Å². The normalized spacial score (nSPS) is 28.7. The number of amides is 1. The molecule has 5 heteroatoms. The Morgan fingerprint density at radius 3 is 2.60 bits per heavy atom. The van der Waals surface area contributed by atoms with Crippen molar-refractivity contribution >= 4 is 12.4 Å². The van der Waals surface area contributed by atoms with E-state index in [2.05, 4.69) is 5.32 Å². The Labute approximate surface area is 89.4 Å². The molecule has 0 radical (unpaired) electrons. The topological polar surface area (TPSA) is 69.6 Å². The molecule has 0 spiro atoms. The summed E-state index contributed by atoms with van der Waals surface area (Å²) >= 11 is 0. The van der Waals surface area contributed by atoms with Crippen molar-refractivity contribution in [2.75, 3.05) is 19.6 Å². The molecule has 0 saturated carbocycles. The Morgan fingerprint density at radius 1 is 1.47 bits per heavy atom. The van der Waals surface area contributed by atoms with Crippen molar-refractivity contribution in [1.82, 2.24) is 10.2 Å². The summed E-state index contributed by atoms with van der Waals surface area (Å²) in [5, 5.41) is 10.4. The first-order valence-electron chi connectivity index (χ1n) is 5.24. The number of rotatable bonds is 0. The van der Waals surface area contributed by atoms with Gasteiger partial charge in [0.25, 0.3) is 6.47 Å². The van der Waals surface area contributed by atoms with Gasteiger partial charge in [-0.05, 0) is 25.3 Å². The number of fused-ring (bicyclic) bond motifs is 4. The van der Waals surface area contributed by atoms with Crippen molar-refractivity contribution in [3.8, 4) is 0 Å². The van der Waals surface area contributed by atoms with Gasteiger partial charge in [-0.15, -0.1) is 0 Å². The summed E-state index contributed by atoms with van der Waals surface area (Å²) in [6.07, 6.45) is 2.54. The zero-order valence-corrected chi connectivity index (χ0v) is 8.98. The third-order valence-corrected chi connectivity index (χ3v) is 2.98. The van der Waals surface area contributed by atoms with Crippen molar-refractivity contribution in [3.05, 3.63) is 0 Å². The molecule has 3 fully saturated rings. The van der Waals surface area contributed by atoms with Crippen LogP contribution in [0.15, 0.2) is 0 Å². The van der Waals surface area contributed by atoms with Gasteiger partial charge in [0.15, 0.2) is 0 Å². The van der Waals surface area contributed by atoms with E-state index in [0.717, 1.165) is 19.6 Å². The minimum atomic E-state index is -0.250. The number of nitrogens with one attached hydrogen (secondary N) is 1. The maximum atomic E-state index is 11.2. The van der Waals surface area contributed by atoms with E-state index in [1.807, 2.05) is 4.90 Å². The Kier molecular flexibility index (Phi) is 4.55. The van der Waals surface area contributed by atoms with Gasteiger partial charge in [0, 0.05) is 26.1 Å². The third kappa shape index (κ3) is 3.51. The lowest BCUT2D eigenvalue weighted by molar-refractivity contribution is -0.129. The molecule has 5 nitrogen and oxygen atoms in total. The van der Waals surface area contributed by atoms with Gasteiger partial charge in [0.05, 0.1) is 0 Å². The van der Waals surface area contributed by atoms with Gasteiger partial charge in [-0.25, -0.2) is 0 Å². The number of hydrogen-bond donors (Lipinski definition) is 2. The number of carbonyl (C=O) groups excluding carboxylic acids is 1. The summed E-state index contributed by atoms with van der Waals surface area (Å²) in [4.78, 5) is 21.5. The Hall–Kier alpha value is -1.10. The molecular weight excluding hydrogens is 196 g/mol. The van der Waals surface area contributed by atoms with E-state index in [0.29, 0.717) is 12.0 Å². The monoisotopic (exact) mass is 214 g/mol. The fraction of sp³-hybridized carbons (Fsp3) is 0.800. The summed E-state index contributed by atoms with van der Waals surface area (Å²) in [5.74, 6) is 0.934. The molecule has 3 aliphatic rings. The summed E-state index contributed by atoms with van der Waals surface area (Å²) in [6.45, 7) is 4.42. The Balaban J connectivity index is 0.000000337. The molecule has 1 amide bonds. The highest BCUT2D eigenvalue weighted by Crippen LogP contribution is 2.21. The molecule has 2 bridgehead atoms. The Bertz CT molecular complexity index is 211. The molecule has 3 rings (SSSR count). The second-order valence-electron chi connectivity index (χ2n) is 4.08. The molecule has 0 aromatic rings. The van der Waals surface area contributed by atoms with E-state index in [1.165, 1.54) is 12.8 Å². The van der Waals surface area contributed by atoms with E-state index >= 15 is 0 Å². The molecular formula is C10H18N2O3. The molecule has 0 unspecified atom stereocenters. The predicted molar refractivity (Wildman–Crippen MR) is 55.5 cm³/mol. The summed E-state index contributed by atoms with van der Waals surface area (Å²) in [6, 6.07) is 0.563. The molecule has 0 aromatic carbocycles. The lowest BCUT2D eigenvalue weighted by atomic mass is 9.97. The summed E-state index contributed by atoms with van der Waals surface area (Å²) < 4.78 is 0. The highest BCUT2D eigenvalue weighted by atomic mass is 16.3. The minimum Gasteiger partial charge on any atom is -0.483 e. The second-order valence-corrected chi connectivity index (χ2v) is 4.08. The van der Waals surface area contributed by atoms with Gasteiger partial charge in [0.2, 0.25) is 5.91 Å². The number of piperidine rings is 1. The largest absolute Gasteiger partial charge is 0.483 e. The van der Waals surface area contributed by atoms with Crippen molar-refractivity contribution < 1.29 is 14.7 Å². The van der Waals surface area contributed by atoms with Crippen LogP contribution < -0.4 is 5.32 Å². The molecule has 86 valence electrons. The van der Waals surface area contributed by atoms with Gasteiger partial charge >= 0.3 is 0 Å². The van der Waals surface area contributed by atoms with Gasteiger partial charge in [0.1, 0.15) is 0 Å². The second kappa shape index (κ2) is 5.70. The van der Waals surface area contributed by atoms with Crippen molar-refractivity contribution in [2.45, 2.75) is 25.8 Å². The fourth-order valence-electron chi connectivity index (χ4n) is 2.20. The van der Waals surface area contributed by atoms with E-state index in [1.54, 1.807) is 6.92 Å². The van der Waals surface area contributed by atoms with Crippen LogP contribution in [-0.2, 0) is 9.59 Å². The first-order valence-corrected chi connectivity index (χ1v) is 5.24. The van der Waals surface area contributed by atoms with Crippen LogP contribution in [0, 0.1) is 5.92 Å². The highest BCUT2D eigenvalue weighted by molar-refractivity contribution is 5.73. The highest BCUT2D eigenvalue weighted by Gasteiger charge is 2.29. The molecule has 0 aromatic heterocycles. The molecule has 2 N–H and O–H groups in total. The summed E-state index contributed by atoms with van der Waals surface area (Å²) in [7, 11) is 0. The van der Waals surface area contributed by atoms with E-state index in [4.69, 9.17) is 9.90 Å². The third-order valence-electron chi connectivity index (χ3n) is 2.98. The lowest BCUT2D eigenvalue weighted by Gasteiger charge is -2.22. The van der Waals surface area contributed by atoms with Crippen LogP contribution in [0.1, 0.15) is 19.8 Å². The first-order chi connectivity index (χ1) is 7.17. The average Bonchev–Trinajstić information content (AvgIpc) is 2.51. The van der Waals surface area contributed by atoms with Crippen molar-refractivity contribution in [1.29, 1.82) is 0 Å². The van der Waals surface area contributed by atoms with Gasteiger partial charge in [-0.3, -0.25) is 9.59 Å². The minimum absolute atomic E-state index is 0.232. The van der Waals surface area contributed by atoms with Crippen LogP contribution in [0.5, 0.6) is 0 Å². The molecule has 3 heterocycles. The quantitative estimate of drug-likeness (QED) is 0.553. The van der Waals surface area contributed by atoms with Gasteiger partial charge < -0.3 is 15.3 Å². The van der Waals surface area contributed by atoms with Crippen LogP contribution in [0.25, 0.3) is 0 Å². The number of carbonyl (C=O) groups is 2. The fourth-order valence-corrected chi connectivity index (χ4v) is 2.20. The van der Waals surface area contributed by atoms with Crippen molar-refractivity contribution in [3.63, 3.8) is 0 Å². The molecule has 15 heavy (non-hydrogen) atoms. The lowest BCUT2D eigenvalue weighted by Crippen LogP contribution is -2.40. The molecule has 2 atom stereocenters. The zero-order valence-electron chi connectivity index (χ0n) is 8.98. The predicted octanol–water partition coefficient (Wildman–Crippen LogP) is -0.0825. The zero-order chi connectivity index (χ0) is 11.3. The van der Waals surface area contributed by atoms with Crippen LogP contribution in [-0.4, -0.2) is 48.1 Å². The van der Waals surface area contributed by atoms with Gasteiger partial charge in [-0.2, -0.15) is 0 Å². The SMILES string of the molecule is CC(=O)N1C[C@@H]2CC[C@H](C1)NC2.O=CO. The first kappa shape index (κ1) is 12.0. The van der Waals surface area contributed by atoms with Crippen molar-refractivity contribution in [2.24, 2.45) is 5.92 Å². The molecule has 3 saturated heterocycles. The van der Waals surface area contributed by atoms with Crippen LogP contribution in [0.3, 0.4) is 0 Å². The van der Waals surface area contributed by atoms with E-state index in [9.17, 15) is 4.79 Å². The number of carboxylic acid groups (broad SMARTS) is 1. The van der Waals surface area contributed by atoms with E-state index < -0.39 is 0 Å². The standard InChI is InChI=1S/C9H16N2O.CH2O2/c1-7(12)11-5-8-2-3-9(6-11)10-4-8;2-1-3/h8-10H,2-6H2,1H3;1H,(H,2,3)/t8-,9-;/m1./s1. The van der Waals surface area contributed by atoms with Crippen LogP contribution in [0.4, 0.5) is 0 Å². The number of hydrogen-bond acceptors (Lipinski definition) is 3. The Morgan fingerprint density at radius 2 is 2.13 bits per heavy atom. The van der Waals surface area contributed by atoms with Crippen LogP contribution >= 0.6 is 0 Å². The van der Waals surface area contributed by atoms with Crippen LogP contribution in [0.2, 0.25) is 0 Å². The number of nitrogens with zero attached hydrogens (tertiary/aromatic N) is 1.